The van der Waals surface area contributed by atoms with Crippen LogP contribution in [0.3, 0.4) is 0 Å². The molecule has 2 aromatic rings. The zero-order chi connectivity index (χ0) is 14.3. The van der Waals surface area contributed by atoms with Gasteiger partial charge in [0.2, 0.25) is 10.0 Å². The molecule has 0 aromatic carbocycles. The molecule has 0 unspecified atom stereocenters. The molecule has 0 N–H and O–H groups in total. The lowest BCUT2D eigenvalue weighted by atomic mass is 10.1. The van der Waals surface area contributed by atoms with Crippen LogP contribution in [-0.4, -0.2) is 24.4 Å². The van der Waals surface area contributed by atoms with Crippen molar-refractivity contribution >= 4 is 21.4 Å². The average Bonchev–Trinajstić information content (AvgIpc) is 3.08. The summed E-state index contributed by atoms with van der Waals surface area (Å²) >= 11 is 1.59. The highest BCUT2D eigenvalue weighted by Gasteiger charge is 2.39. The highest BCUT2D eigenvalue weighted by molar-refractivity contribution is 7.89. The fourth-order valence-electron chi connectivity index (χ4n) is 2.79. The van der Waals surface area contributed by atoms with E-state index in [0.717, 1.165) is 18.4 Å². The zero-order valence-corrected chi connectivity index (χ0v) is 13.0. The molecule has 108 valence electrons. The summed E-state index contributed by atoms with van der Waals surface area (Å²) in [7, 11) is -3.55. The number of rotatable bonds is 3. The lowest BCUT2D eigenvalue weighted by Crippen LogP contribution is -2.31. The normalized spacial score (nSPS) is 20.6. The van der Waals surface area contributed by atoms with E-state index in [1.165, 1.54) is 0 Å². The van der Waals surface area contributed by atoms with Crippen molar-refractivity contribution < 1.29 is 12.9 Å². The Balaban J connectivity index is 2.03. The number of hydrogen-bond acceptors (Lipinski definition) is 5. The molecule has 20 heavy (non-hydrogen) atoms. The van der Waals surface area contributed by atoms with E-state index in [-0.39, 0.29) is 10.9 Å². The van der Waals surface area contributed by atoms with Gasteiger partial charge in [0.1, 0.15) is 10.6 Å². The number of aryl methyl sites for hydroxylation is 2. The SMILES string of the molecule is Cc1noc(C)c1S(=O)(=O)N1CCC[C@H]1c1ccsc1. The van der Waals surface area contributed by atoms with Crippen LogP contribution in [0.4, 0.5) is 0 Å². The minimum Gasteiger partial charge on any atom is -0.360 e. The van der Waals surface area contributed by atoms with Gasteiger partial charge in [-0.05, 0) is 49.1 Å². The minimum atomic E-state index is -3.55. The van der Waals surface area contributed by atoms with Crippen LogP contribution in [0.25, 0.3) is 0 Å². The van der Waals surface area contributed by atoms with Gasteiger partial charge < -0.3 is 4.52 Å². The zero-order valence-electron chi connectivity index (χ0n) is 11.4. The van der Waals surface area contributed by atoms with Crippen LogP contribution < -0.4 is 0 Å². The summed E-state index contributed by atoms with van der Waals surface area (Å²) in [5.74, 6) is 0.360. The third-order valence-electron chi connectivity index (χ3n) is 3.67. The van der Waals surface area contributed by atoms with E-state index in [1.54, 1.807) is 29.5 Å². The molecule has 3 rings (SSSR count). The van der Waals surface area contributed by atoms with Gasteiger partial charge in [-0.3, -0.25) is 0 Å². The molecular formula is C13H16N2O3S2. The van der Waals surface area contributed by atoms with Gasteiger partial charge in [0.05, 0.1) is 6.04 Å². The van der Waals surface area contributed by atoms with Crippen molar-refractivity contribution in [3.8, 4) is 0 Å². The molecule has 0 aliphatic carbocycles. The topological polar surface area (TPSA) is 63.4 Å². The van der Waals surface area contributed by atoms with Gasteiger partial charge >= 0.3 is 0 Å². The summed E-state index contributed by atoms with van der Waals surface area (Å²) in [6.45, 7) is 3.86. The van der Waals surface area contributed by atoms with Gasteiger partial charge in [-0.25, -0.2) is 8.42 Å². The quantitative estimate of drug-likeness (QED) is 0.874. The van der Waals surface area contributed by atoms with E-state index in [1.807, 2.05) is 16.8 Å². The number of aromatic nitrogens is 1. The molecule has 1 fully saturated rings. The van der Waals surface area contributed by atoms with Gasteiger partial charge in [-0.15, -0.1) is 0 Å². The first kappa shape index (κ1) is 13.8. The molecule has 1 aliphatic rings. The summed E-state index contributed by atoms with van der Waals surface area (Å²) in [4.78, 5) is 0.222. The van der Waals surface area contributed by atoms with Gasteiger partial charge in [0.25, 0.3) is 0 Å². The first-order chi connectivity index (χ1) is 9.51. The van der Waals surface area contributed by atoms with Crippen LogP contribution in [0.15, 0.2) is 26.2 Å². The third-order valence-corrected chi connectivity index (χ3v) is 6.52. The summed E-state index contributed by atoms with van der Waals surface area (Å²) in [5, 5.41) is 7.76. The van der Waals surface area contributed by atoms with E-state index in [0.29, 0.717) is 18.0 Å². The lowest BCUT2D eigenvalue weighted by Gasteiger charge is -2.23. The van der Waals surface area contributed by atoms with E-state index in [4.69, 9.17) is 4.52 Å². The van der Waals surface area contributed by atoms with Crippen molar-refractivity contribution in [3.05, 3.63) is 33.8 Å². The maximum atomic E-state index is 12.9. The van der Waals surface area contributed by atoms with Crippen molar-refractivity contribution in [2.75, 3.05) is 6.54 Å². The van der Waals surface area contributed by atoms with Crippen LogP contribution >= 0.6 is 11.3 Å². The standard InChI is InChI=1S/C13H16N2O3S2/c1-9-13(10(2)18-14-9)20(16,17)15-6-3-4-12(15)11-5-7-19-8-11/h5,7-8,12H,3-4,6H2,1-2H3/t12-/m0/s1. The van der Waals surface area contributed by atoms with Crippen molar-refractivity contribution in [3.63, 3.8) is 0 Å². The first-order valence-electron chi connectivity index (χ1n) is 6.48. The molecule has 0 saturated carbocycles. The third kappa shape index (κ3) is 2.10. The summed E-state index contributed by atoms with van der Waals surface area (Å²) in [6.07, 6.45) is 1.74. The van der Waals surface area contributed by atoms with Crippen molar-refractivity contribution in [1.29, 1.82) is 0 Å². The molecule has 0 bridgehead atoms. The number of nitrogens with zero attached hydrogens (tertiary/aromatic N) is 2. The summed E-state index contributed by atoms with van der Waals surface area (Å²) in [6, 6.07) is 1.93. The average molecular weight is 312 g/mol. The van der Waals surface area contributed by atoms with Crippen molar-refractivity contribution in [1.82, 2.24) is 9.46 Å². The summed E-state index contributed by atoms with van der Waals surface area (Å²) < 4.78 is 32.3. The molecule has 1 atom stereocenters. The van der Waals surface area contributed by atoms with Crippen molar-refractivity contribution in [2.45, 2.75) is 37.6 Å². The number of thiophene rings is 1. The van der Waals surface area contributed by atoms with Crippen LogP contribution in [0, 0.1) is 13.8 Å². The molecule has 1 aliphatic heterocycles. The predicted molar refractivity (Wildman–Crippen MR) is 76.2 cm³/mol. The van der Waals surface area contributed by atoms with Gasteiger partial charge in [-0.1, -0.05) is 5.16 Å². The van der Waals surface area contributed by atoms with E-state index in [2.05, 4.69) is 5.16 Å². The highest BCUT2D eigenvalue weighted by Crippen LogP contribution is 2.38. The van der Waals surface area contributed by atoms with E-state index in [9.17, 15) is 8.42 Å². The molecule has 0 radical (unpaired) electrons. The summed E-state index contributed by atoms with van der Waals surface area (Å²) in [5.41, 5.74) is 1.50. The fraction of sp³-hybridized carbons (Fsp3) is 0.462. The Labute approximate surface area is 122 Å². The van der Waals surface area contributed by atoms with Crippen LogP contribution in [0.5, 0.6) is 0 Å². The van der Waals surface area contributed by atoms with Gasteiger partial charge in [-0.2, -0.15) is 15.6 Å². The van der Waals surface area contributed by atoms with Crippen molar-refractivity contribution in [2.24, 2.45) is 0 Å². The molecule has 2 aromatic heterocycles. The fourth-order valence-corrected chi connectivity index (χ4v) is 5.47. The maximum Gasteiger partial charge on any atom is 0.249 e. The molecule has 7 heteroatoms. The number of sulfonamides is 1. The molecular weight excluding hydrogens is 296 g/mol. The Morgan fingerprint density at radius 3 is 2.85 bits per heavy atom. The Kier molecular flexibility index (Phi) is 3.43. The Bertz CT molecular complexity index is 685. The predicted octanol–water partition coefficient (Wildman–Crippen LogP) is 2.88. The first-order valence-corrected chi connectivity index (χ1v) is 8.87. The maximum absolute atomic E-state index is 12.9. The lowest BCUT2D eigenvalue weighted by molar-refractivity contribution is 0.384. The highest BCUT2D eigenvalue weighted by atomic mass is 32.2. The van der Waals surface area contributed by atoms with Gasteiger partial charge in [0.15, 0.2) is 5.76 Å². The molecule has 1 saturated heterocycles. The second kappa shape index (κ2) is 4.98. The van der Waals surface area contributed by atoms with E-state index >= 15 is 0 Å². The largest absolute Gasteiger partial charge is 0.360 e. The molecule has 5 nitrogen and oxygen atoms in total. The molecule has 0 spiro atoms. The number of hydrogen-bond donors (Lipinski definition) is 0. The van der Waals surface area contributed by atoms with Crippen LogP contribution in [0.1, 0.15) is 35.9 Å². The van der Waals surface area contributed by atoms with E-state index < -0.39 is 10.0 Å². The van der Waals surface area contributed by atoms with Crippen LogP contribution in [0.2, 0.25) is 0 Å². The Morgan fingerprint density at radius 2 is 2.25 bits per heavy atom. The Morgan fingerprint density at radius 1 is 1.45 bits per heavy atom. The van der Waals surface area contributed by atoms with Crippen LogP contribution in [-0.2, 0) is 10.0 Å². The molecule has 3 heterocycles. The minimum absolute atomic E-state index is 0.0695. The monoisotopic (exact) mass is 312 g/mol. The second-order valence-electron chi connectivity index (χ2n) is 4.98. The van der Waals surface area contributed by atoms with Gasteiger partial charge in [0, 0.05) is 6.54 Å². The Hall–Kier alpha value is -1.18. The second-order valence-corrected chi connectivity index (χ2v) is 7.59. The smallest absolute Gasteiger partial charge is 0.249 e. The molecule has 0 amide bonds.